The highest BCUT2D eigenvalue weighted by molar-refractivity contribution is 5.60. The normalized spacial score (nSPS) is 10.8. The van der Waals surface area contributed by atoms with Crippen LogP contribution in [0, 0.1) is 11.6 Å². The molecule has 4 nitrogen and oxygen atoms in total. The second kappa shape index (κ2) is 5.32. The van der Waals surface area contributed by atoms with E-state index in [0.717, 1.165) is 17.7 Å². The van der Waals surface area contributed by atoms with Crippen molar-refractivity contribution in [2.24, 2.45) is 0 Å². The van der Waals surface area contributed by atoms with Crippen molar-refractivity contribution in [2.75, 3.05) is 5.73 Å². The van der Waals surface area contributed by atoms with Crippen LogP contribution in [0.5, 0.6) is 0 Å². The summed E-state index contributed by atoms with van der Waals surface area (Å²) in [6.07, 6.45) is 1.54. The summed E-state index contributed by atoms with van der Waals surface area (Å²) < 4.78 is 27.6. The second-order valence-corrected chi connectivity index (χ2v) is 4.64. The Balaban J connectivity index is 1.83. The van der Waals surface area contributed by atoms with Gasteiger partial charge in [-0.25, -0.2) is 18.4 Å². The molecule has 0 unspecified atom stereocenters. The van der Waals surface area contributed by atoms with Gasteiger partial charge >= 0.3 is 0 Å². The Bertz CT molecular complexity index is 783. The van der Waals surface area contributed by atoms with Crippen LogP contribution in [0.25, 0.3) is 11.4 Å². The third-order valence-electron chi connectivity index (χ3n) is 3.01. The summed E-state index contributed by atoms with van der Waals surface area (Å²) in [5, 5.41) is 4.30. The second-order valence-electron chi connectivity index (χ2n) is 4.64. The largest absolute Gasteiger partial charge is 0.399 e. The maximum absolute atomic E-state index is 13.2. The number of nitrogens with zero attached hydrogens (tertiary/aromatic N) is 3. The van der Waals surface area contributed by atoms with Gasteiger partial charge in [-0.3, -0.25) is 0 Å². The molecule has 0 atom stereocenters. The first-order chi connectivity index (χ1) is 10.1. The van der Waals surface area contributed by atoms with Crippen molar-refractivity contribution in [3.05, 3.63) is 66.0 Å². The van der Waals surface area contributed by atoms with Gasteiger partial charge in [0.05, 0.1) is 6.54 Å². The van der Waals surface area contributed by atoms with E-state index in [1.165, 1.54) is 6.07 Å². The number of nitrogens with two attached hydrogens (primary N) is 1. The van der Waals surface area contributed by atoms with Gasteiger partial charge in [0, 0.05) is 11.3 Å². The maximum atomic E-state index is 13.2. The van der Waals surface area contributed by atoms with E-state index in [4.69, 9.17) is 5.73 Å². The molecular formula is C15H12F2N4. The van der Waals surface area contributed by atoms with Crippen molar-refractivity contribution in [1.82, 2.24) is 14.8 Å². The van der Waals surface area contributed by atoms with Gasteiger partial charge in [0.15, 0.2) is 17.5 Å². The van der Waals surface area contributed by atoms with Gasteiger partial charge in [-0.1, -0.05) is 18.2 Å². The number of rotatable bonds is 3. The molecule has 1 heterocycles. The molecule has 0 fully saturated rings. The third kappa shape index (κ3) is 2.89. The van der Waals surface area contributed by atoms with Crippen molar-refractivity contribution < 1.29 is 8.78 Å². The third-order valence-corrected chi connectivity index (χ3v) is 3.01. The van der Waals surface area contributed by atoms with Crippen molar-refractivity contribution in [2.45, 2.75) is 6.54 Å². The summed E-state index contributed by atoms with van der Waals surface area (Å²) in [4.78, 5) is 4.19. The summed E-state index contributed by atoms with van der Waals surface area (Å²) in [6.45, 7) is 0.312. The Morgan fingerprint density at radius 3 is 2.67 bits per heavy atom. The fraction of sp³-hybridized carbons (Fsp3) is 0.0667. The number of aromatic nitrogens is 3. The Labute approximate surface area is 119 Å². The van der Waals surface area contributed by atoms with Gasteiger partial charge in [0.25, 0.3) is 0 Å². The van der Waals surface area contributed by atoms with E-state index in [1.807, 2.05) is 12.1 Å². The topological polar surface area (TPSA) is 56.7 Å². The molecule has 3 rings (SSSR count). The van der Waals surface area contributed by atoms with Gasteiger partial charge < -0.3 is 5.73 Å². The van der Waals surface area contributed by atoms with Gasteiger partial charge in [0.2, 0.25) is 0 Å². The Morgan fingerprint density at radius 1 is 1.05 bits per heavy atom. The van der Waals surface area contributed by atoms with Crippen molar-refractivity contribution in [3.8, 4) is 11.4 Å². The van der Waals surface area contributed by atoms with Crippen molar-refractivity contribution in [3.63, 3.8) is 0 Å². The molecule has 2 N–H and O–H groups in total. The van der Waals surface area contributed by atoms with Gasteiger partial charge in [-0.05, 0) is 29.8 Å². The fourth-order valence-corrected chi connectivity index (χ4v) is 2.01. The smallest absolute Gasteiger partial charge is 0.181 e. The van der Waals surface area contributed by atoms with Crippen LogP contribution in [0.15, 0.2) is 48.8 Å². The summed E-state index contributed by atoms with van der Waals surface area (Å²) in [5.74, 6) is -1.20. The summed E-state index contributed by atoms with van der Waals surface area (Å²) in [6, 6.07) is 11.0. The molecule has 0 spiro atoms. The Kier molecular flexibility index (Phi) is 3.35. The lowest BCUT2D eigenvalue weighted by atomic mass is 10.2. The first kappa shape index (κ1) is 13.2. The standard InChI is InChI=1S/C15H12F2N4/c16-13-5-4-10(6-14(13)17)8-21-9-19-15(20-21)11-2-1-3-12(18)7-11/h1-7,9H,8,18H2. The van der Waals surface area contributed by atoms with E-state index in [0.29, 0.717) is 23.6 Å². The zero-order valence-corrected chi connectivity index (χ0v) is 11.0. The molecule has 0 saturated carbocycles. The van der Waals surface area contributed by atoms with E-state index in [9.17, 15) is 8.78 Å². The molecule has 0 saturated heterocycles. The minimum atomic E-state index is -0.872. The van der Waals surface area contributed by atoms with E-state index in [1.54, 1.807) is 23.1 Å². The summed E-state index contributed by atoms with van der Waals surface area (Å²) in [5.41, 5.74) is 7.76. The molecule has 21 heavy (non-hydrogen) atoms. The summed E-state index contributed by atoms with van der Waals surface area (Å²) in [7, 11) is 0. The number of nitrogen functional groups attached to an aromatic ring is 1. The van der Waals surface area contributed by atoms with E-state index in [2.05, 4.69) is 10.1 Å². The lowest BCUT2D eigenvalue weighted by Gasteiger charge is -2.02. The van der Waals surface area contributed by atoms with Crippen LogP contribution in [0.4, 0.5) is 14.5 Å². The molecule has 106 valence electrons. The predicted molar refractivity (Wildman–Crippen MR) is 75.3 cm³/mol. The van der Waals surface area contributed by atoms with Crippen LogP contribution < -0.4 is 5.73 Å². The van der Waals surface area contributed by atoms with Crippen LogP contribution in [0.3, 0.4) is 0 Å². The highest BCUT2D eigenvalue weighted by Crippen LogP contribution is 2.17. The van der Waals surface area contributed by atoms with E-state index >= 15 is 0 Å². The molecule has 1 aromatic heterocycles. The molecule has 0 aliphatic heterocycles. The molecule has 0 aliphatic carbocycles. The van der Waals surface area contributed by atoms with E-state index in [-0.39, 0.29) is 0 Å². The highest BCUT2D eigenvalue weighted by atomic mass is 19.2. The number of anilines is 1. The quantitative estimate of drug-likeness (QED) is 0.753. The number of hydrogen-bond donors (Lipinski definition) is 1. The number of benzene rings is 2. The van der Waals surface area contributed by atoms with Crippen LogP contribution in [0.1, 0.15) is 5.56 Å². The Morgan fingerprint density at radius 2 is 1.90 bits per heavy atom. The molecule has 0 bridgehead atoms. The fourth-order valence-electron chi connectivity index (χ4n) is 2.01. The lowest BCUT2D eigenvalue weighted by molar-refractivity contribution is 0.506. The highest BCUT2D eigenvalue weighted by Gasteiger charge is 2.07. The van der Waals surface area contributed by atoms with Crippen LogP contribution in [0.2, 0.25) is 0 Å². The van der Waals surface area contributed by atoms with Crippen molar-refractivity contribution >= 4 is 5.69 Å². The molecule has 0 amide bonds. The molecule has 6 heteroatoms. The number of hydrogen-bond acceptors (Lipinski definition) is 3. The lowest BCUT2D eigenvalue weighted by Crippen LogP contribution is -2.01. The first-order valence-electron chi connectivity index (χ1n) is 6.31. The van der Waals surface area contributed by atoms with Gasteiger partial charge in [0.1, 0.15) is 6.33 Å². The minimum Gasteiger partial charge on any atom is -0.399 e. The molecular weight excluding hydrogens is 274 g/mol. The van der Waals surface area contributed by atoms with Crippen LogP contribution >= 0.6 is 0 Å². The molecule has 2 aromatic carbocycles. The van der Waals surface area contributed by atoms with Crippen molar-refractivity contribution in [1.29, 1.82) is 0 Å². The van der Waals surface area contributed by atoms with Gasteiger partial charge in [-0.2, -0.15) is 5.10 Å². The van der Waals surface area contributed by atoms with E-state index < -0.39 is 11.6 Å². The maximum Gasteiger partial charge on any atom is 0.181 e. The summed E-state index contributed by atoms with van der Waals surface area (Å²) >= 11 is 0. The first-order valence-corrected chi connectivity index (χ1v) is 6.31. The number of halogens is 2. The molecule has 0 radical (unpaired) electrons. The minimum absolute atomic E-state index is 0.312. The Hall–Kier alpha value is -2.76. The predicted octanol–water partition coefficient (Wildman–Crippen LogP) is 2.85. The van der Waals surface area contributed by atoms with Crippen LogP contribution in [-0.2, 0) is 6.54 Å². The average Bonchev–Trinajstić information content (AvgIpc) is 2.91. The average molecular weight is 286 g/mol. The molecule has 3 aromatic rings. The van der Waals surface area contributed by atoms with Crippen LogP contribution in [-0.4, -0.2) is 14.8 Å². The molecule has 0 aliphatic rings. The zero-order valence-electron chi connectivity index (χ0n) is 11.0. The SMILES string of the molecule is Nc1cccc(-c2ncn(Cc3ccc(F)c(F)c3)n2)c1. The monoisotopic (exact) mass is 286 g/mol. The van der Waals surface area contributed by atoms with Gasteiger partial charge in [-0.15, -0.1) is 0 Å². The zero-order chi connectivity index (χ0) is 14.8.